The van der Waals surface area contributed by atoms with Gasteiger partial charge in [0.25, 0.3) is 0 Å². The summed E-state index contributed by atoms with van der Waals surface area (Å²) in [6.45, 7) is 8.64. The highest BCUT2D eigenvalue weighted by Crippen LogP contribution is 2.40. The maximum Gasteiger partial charge on any atom is 0.339 e. The molecule has 0 radical (unpaired) electrons. The fourth-order valence-corrected chi connectivity index (χ4v) is 3.39. The molecule has 0 aliphatic heterocycles. The van der Waals surface area contributed by atoms with Gasteiger partial charge < -0.3 is 4.74 Å². The molecule has 0 amide bonds. The Morgan fingerprint density at radius 3 is 2.46 bits per heavy atom. The number of benzene rings is 2. The van der Waals surface area contributed by atoms with E-state index in [1.54, 1.807) is 0 Å². The van der Waals surface area contributed by atoms with Crippen LogP contribution in [0.5, 0.6) is 0 Å². The third-order valence-electron chi connectivity index (χ3n) is 5.56. The number of carbonyl (C=O) groups excluding carboxylic acids is 1. The number of ether oxygens (including phenoxy) is 1. The van der Waals surface area contributed by atoms with Crippen LogP contribution in [-0.4, -0.2) is 5.97 Å². The Balaban J connectivity index is 1.79. The number of hydrogen-bond acceptors (Lipinski definition) is 2. The Labute approximate surface area is 144 Å². The second-order valence-electron chi connectivity index (χ2n) is 7.59. The Kier molecular flexibility index (Phi) is 4.25. The number of rotatable bonds is 4. The predicted octanol–water partition coefficient (Wildman–Crippen LogP) is 5.39. The van der Waals surface area contributed by atoms with Crippen LogP contribution >= 0.6 is 0 Å². The van der Waals surface area contributed by atoms with E-state index in [1.165, 1.54) is 11.1 Å². The van der Waals surface area contributed by atoms with E-state index in [4.69, 9.17) is 4.74 Å². The van der Waals surface area contributed by atoms with Crippen molar-refractivity contribution in [2.75, 3.05) is 0 Å². The maximum atomic E-state index is 12.6. The van der Waals surface area contributed by atoms with E-state index in [-0.39, 0.29) is 11.4 Å². The van der Waals surface area contributed by atoms with Crippen LogP contribution in [0.2, 0.25) is 0 Å². The van der Waals surface area contributed by atoms with E-state index in [1.807, 2.05) is 43.3 Å². The standard InChI is InChI=1S/C22H26O2/c1-5-21(2,3)18-12-10-17(11-13-18)20(23)24-22(4)15-14-16-8-6-7-9-19(16)22/h6-13H,5,14-15H2,1-4H3. The monoisotopic (exact) mass is 322 g/mol. The SMILES string of the molecule is CCC(C)(C)c1ccc(C(=O)OC2(C)CCc3ccccc32)cc1. The molecule has 0 bridgehead atoms. The van der Waals surface area contributed by atoms with Crippen LogP contribution in [0.25, 0.3) is 0 Å². The average molecular weight is 322 g/mol. The Hall–Kier alpha value is -2.09. The summed E-state index contributed by atoms with van der Waals surface area (Å²) in [5, 5.41) is 0. The van der Waals surface area contributed by atoms with Crippen molar-refractivity contribution in [2.24, 2.45) is 0 Å². The molecule has 0 saturated heterocycles. The molecule has 1 atom stereocenters. The first-order valence-electron chi connectivity index (χ1n) is 8.78. The lowest BCUT2D eigenvalue weighted by Crippen LogP contribution is -2.26. The Bertz CT molecular complexity index is 743. The minimum atomic E-state index is -0.519. The van der Waals surface area contributed by atoms with Gasteiger partial charge in [-0.3, -0.25) is 0 Å². The predicted molar refractivity (Wildman–Crippen MR) is 97.3 cm³/mol. The van der Waals surface area contributed by atoms with Crippen LogP contribution in [-0.2, 0) is 22.2 Å². The quantitative estimate of drug-likeness (QED) is 0.705. The molecule has 0 aromatic heterocycles. The average Bonchev–Trinajstić information content (AvgIpc) is 2.92. The van der Waals surface area contributed by atoms with Crippen molar-refractivity contribution in [3.05, 3.63) is 70.8 Å². The van der Waals surface area contributed by atoms with Gasteiger partial charge in [0, 0.05) is 0 Å². The molecule has 1 unspecified atom stereocenters. The van der Waals surface area contributed by atoms with Crippen molar-refractivity contribution in [3.63, 3.8) is 0 Å². The van der Waals surface area contributed by atoms with E-state index >= 15 is 0 Å². The molecule has 2 aromatic rings. The summed E-state index contributed by atoms with van der Waals surface area (Å²) in [5.41, 5.74) is 3.90. The van der Waals surface area contributed by atoms with Crippen LogP contribution in [0.4, 0.5) is 0 Å². The highest BCUT2D eigenvalue weighted by Gasteiger charge is 2.37. The zero-order chi connectivity index (χ0) is 17.4. The van der Waals surface area contributed by atoms with Gasteiger partial charge in [-0.2, -0.15) is 0 Å². The zero-order valence-electron chi connectivity index (χ0n) is 15.1. The summed E-state index contributed by atoms with van der Waals surface area (Å²) < 4.78 is 5.92. The minimum absolute atomic E-state index is 0.124. The van der Waals surface area contributed by atoms with E-state index < -0.39 is 5.60 Å². The van der Waals surface area contributed by atoms with Gasteiger partial charge >= 0.3 is 5.97 Å². The number of esters is 1. The van der Waals surface area contributed by atoms with E-state index in [0.29, 0.717) is 5.56 Å². The Morgan fingerprint density at radius 1 is 1.12 bits per heavy atom. The number of carbonyl (C=O) groups is 1. The summed E-state index contributed by atoms with van der Waals surface area (Å²) in [6, 6.07) is 16.1. The van der Waals surface area contributed by atoms with E-state index in [9.17, 15) is 4.79 Å². The van der Waals surface area contributed by atoms with Gasteiger partial charge in [0.15, 0.2) is 0 Å². The largest absolute Gasteiger partial charge is 0.451 e. The summed E-state index contributed by atoms with van der Waals surface area (Å²) >= 11 is 0. The first-order chi connectivity index (χ1) is 11.4. The van der Waals surface area contributed by atoms with Crippen molar-refractivity contribution in [1.82, 2.24) is 0 Å². The van der Waals surface area contributed by atoms with Crippen LogP contribution < -0.4 is 0 Å². The minimum Gasteiger partial charge on any atom is -0.451 e. The normalized spacial score (nSPS) is 19.8. The van der Waals surface area contributed by atoms with Gasteiger partial charge in [-0.1, -0.05) is 57.2 Å². The smallest absolute Gasteiger partial charge is 0.339 e. The molecule has 0 saturated carbocycles. The van der Waals surface area contributed by atoms with Crippen LogP contribution in [0.15, 0.2) is 48.5 Å². The lowest BCUT2D eigenvalue weighted by Gasteiger charge is -2.26. The van der Waals surface area contributed by atoms with Gasteiger partial charge in [-0.25, -0.2) is 4.79 Å². The molecule has 0 N–H and O–H groups in total. The summed E-state index contributed by atoms with van der Waals surface area (Å²) in [4.78, 5) is 12.6. The molecule has 126 valence electrons. The molecule has 24 heavy (non-hydrogen) atoms. The summed E-state index contributed by atoms with van der Waals surface area (Å²) in [5.74, 6) is -0.241. The third kappa shape index (κ3) is 2.98. The second kappa shape index (κ2) is 6.08. The molecule has 3 rings (SSSR count). The highest BCUT2D eigenvalue weighted by molar-refractivity contribution is 5.89. The maximum absolute atomic E-state index is 12.6. The molecular formula is C22H26O2. The lowest BCUT2D eigenvalue weighted by molar-refractivity contribution is -0.0112. The van der Waals surface area contributed by atoms with Crippen molar-refractivity contribution >= 4 is 5.97 Å². The van der Waals surface area contributed by atoms with Gasteiger partial charge in [0.2, 0.25) is 0 Å². The fraction of sp³-hybridized carbons (Fsp3) is 0.409. The molecule has 0 spiro atoms. The molecule has 1 aliphatic rings. The number of aryl methyl sites for hydroxylation is 1. The molecule has 0 heterocycles. The second-order valence-corrected chi connectivity index (χ2v) is 7.59. The van der Waals surface area contributed by atoms with Crippen molar-refractivity contribution in [3.8, 4) is 0 Å². The first-order valence-corrected chi connectivity index (χ1v) is 8.78. The molecular weight excluding hydrogens is 296 g/mol. The van der Waals surface area contributed by atoms with Gasteiger partial charge in [0.05, 0.1) is 5.56 Å². The van der Waals surface area contributed by atoms with Crippen LogP contribution in [0, 0.1) is 0 Å². The van der Waals surface area contributed by atoms with Gasteiger partial charge in [0.1, 0.15) is 5.60 Å². The topological polar surface area (TPSA) is 26.3 Å². The first kappa shape index (κ1) is 16.8. The lowest BCUT2D eigenvalue weighted by atomic mass is 9.82. The molecule has 1 aliphatic carbocycles. The van der Waals surface area contributed by atoms with Gasteiger partial charge in [-0.15, -0.1) is 0 Å². The van der Waals surface area contributed by atoms with Crippen molar-refractivity contribution in [2.45, 2.75) is 58.0 Å². The van der Waals surface area contributed by atoms with Crippen molar-refractivity contribution in [1.29, 1.82) is 0 Å². The molecule has 0 fully saturated rings. The Morgan fingerprint density at radius 2 is 1.79 bits per heavy atom. The summed E-state index contributed by atoms with van der Waals surface area (Å²) in [6.07, 6.45) is 2.87. The number of fused-ring (bicyclic) bond motifs is 1. The van der Waals surface area contributed by atoms with E-state index in [2.05, 4.69) is 32.9 Å². The summed E-state index contributed by atoms with van der Waals surface area (Å²) in [7, 11) is 0. The number of hydrogen-bond donors (Lipinski definition) is 0. The van der Waals surface area contributed by atoms with Crippen LogP contribution in [0.3, 0.4) is 0 Å². The molecule has 2 nitrogen and oxygen atoms in total. The third-order valence-corrected chi connectivity index (χ3v) is 5.56. The fourth-order valence-electron chi connectivity index (χ4n) is 3.39. The van der Waals surface area contributed by atoms with Gasteiger partial charge in [-0.05, 0) is 60.4 Å². The zero-order valence-corrected chi connectivity index (χ0v) is 15.1. The van der Waals surface area contributed by atoms with Crippen molar-refractivity contribution < 1.29 is 9.53 Å². The molecule has 2 heteroatoms. The van der Waals surface area contributed by atoms with E-state index in [0.717, 1.165) is 24.8 Å². The molecule has 2 aromatic carbocycles. The van der Waals surface area contributed by atoms with Crippen LogP contribution in [0.1, 0.15) is 67.6 Å². The highest BCUT2D eigenvalue weighted by atomic mass is 16.6.